The molecule has 0 radical (unpaired) electrons. The van der Waals surface area contributed by atoms with Crippen LogP contribution in [-0.4, -0.2) is 42.8 Å². The van der Waals surface area contributed by atoms with Crippen LogP contribution in [0, 0.1) is 0 Å². The van der Waals surface area contributed by atoms with E-state index in [4.69, 9.17) is 4.74 Å². The van der Waals surface area contributed by atoms with Crippen molar-refractivity contribution in [1.82, 2.24) is 9.47 Å². The summed E-state index contributed by atoms with van der Waals surface area (Å²) in [6.07, 6.45) is 0. The molecule has 6 heteroatoms. The van der Waals surface area contributed by atoms with Crippen molar-refractivity contribution in [2.75, 3.05) is 38.2 Å². The number of nitrogens with zero attached hydrogens (tertiary/aromatic N) is 3. The summed E-state index contributed by atoms with van der Waals surface area (Å²) in [5, 5.41) is 0. The van der Waals surface area contributed by atoms with E-state index in [1.54, 1.807) is 11.7 Å². The van der Waals surface area contributed by atoms with Crippen LogP contribution in [0.15, 0.2) is 47.3 Å². The minimum absolute atomic E-state index is 0.102. The highest BCUT2D eigenvalue weighted by Gasteiger charge is 2.17. The number of aryl methyl sites for hydroxylation is 1. The summed E-state index contributed by atoms with van der Waals surface area (Å²) in [5.74, 6) is 0.894. The molecular weight excluding hydrogens is 346 g/mol. The second-order valence-corrected chi connectivity index (χ2v) is 7.68. The molecule has 0 spiro atoms. The third kappa shape index (κ3) is 3.34. The average Bonchev–Trinajstić information content (AvgIpc) is 2.96. The van der Waals surface area contributed by atoms with Crippen LogP contribution in [0.3, 0.4) is 0 Å². The number of benzene rings is 2. The van der Waals surface area contributed by atoms with E-state index in [0.717, 1.165) is 48.7 Å². The van der Waals surface area contributed by atoms with Crippen LogP contribution in [0.25, 0.3) is 10.2 Å². The van der Waals surface area contributed by atoms with Gasteiger partial charge in [0.1, 0.15) is 5.75 Å². The summed E-state index contributed by atoms with van der Waals surface area (Å²) < 4.78 is 8.03. The van der Waals surface area contributed by atoms with Gasteiger partial charge < -0.3 is 14.2 Å². The molecule has 1 saturated heterocycles. The fourth-order valence-corrected chi connectivity index (χ4v) is 4.44. The van der Waals surface area contributed by atoms with Crippen molar-refractivity contribution in [3.63, 3.8) is 0 Å². The number of hydrogen-bond donors (Lipinski definition) is 0. The van der Waals surface area contributed by atoms with Crippen molar-refractivity contribution in [3.05, 3.63) is 57.7 Å². The molecule has 1 fully saturated rings. The van der Waals surface area contributed by atoms with Crippen LogP contribution < -0.4 is 14.5 Å². The number of hydrogen-bond acceptors (Lipinski definition) is 5. The van der Waals surface area contributed by atoms with Gasteiger partial charge in [-0.2, -0.15) is 0 Å². The lowest BCUT2D eigenvalue weighted by Gasteiger charge is -2.36. The highest BCUT2D eigenvalue weighted by atomic mass is 32.1. The molecule has 3 aromatic rings. The number of piperazine rings is 1. The first-order valence-electron chi connectivity index (χ1n) is 8.84. The lowest BCUT2D eigenvalue weighted by molar-refractivity contribution is 0.250. The second kappa shape index (κ2) is 7.13. The maximum Gasteiger partial charge on any atom is 0.307 e. The number of fused-ring (bicyclic) bond motifs is 1. The summed E-state index contributed by atoms with van der Waals surface area (Å²) in [4.78, 5) is 16.8. The van der Waals surface area contributed by atoms with Gasteiger partial charge in [-0.25, -0.2) is 0 Å². The number of aromatic nitrogens is 1. The van der Waals surface area contributed by atoms with Gasteiger partial charge in [-0.1, -0.05) is 17.4 Å². The smallest absolute Gasteiger partial charge is 0.307 e. The number of rotatable bonds is 4. The Morgan fingerprint density at radius 1 is 1.04 bits per heavy atom. The van der Waals surface area contributed by atoms with Crippen molar-refractivity contribution in [2.45, 2.75) is 6.54 Å². The van der Waals surface area contributed by atoms with E-state index in [1.807, 2.05) is 19.2 Å². The Labute approximate surface area is 157 Å². The highest BCUT2D eigenvalue weighted by Crippen LogP contribution is 2.22. The summed E-state index contributed by atoms with van der Waals surface area (Å²) in [7, 11) is 3.53. The van der Waals surface area contributed by atoms with E-state index in [9.17, 15) is 4.79 Å². The SMILES string of the molecule is COc1ccc(N2CCN(Cc3ccc4c(c3)sc(=O)n4C)CC2)cc1. The van der Waals surface area contributed by atoms with E-state index in [-0.39, 0.29) is 4.87 Å². The third-order valence-corrected chi connectivity index (χ3v) is 6.07. The molecule has 136 valence electrons. The highest BCUT2D eigenvalue weighted by molar-refractivity contribution is 7.16. The minimum Gasteiger partial charge on any atom is -0.497 e. The van der Waals surface area contributed by atoms with Gasteiger partial charge in [-0.15, -0.1) is 0 Å². The van der Waals surface area contributed by atoms with Gasteiger partial charge in [0.15, 0.2) is 0 Å². The molecular formula is C20H23N3O2S. The van der Waals surface area contributed by atoms with E-state index < -0.39 is 0 Å². The first-order chi connectivity index (χ1) is 12.6. The Morgan fingerprint density at radius 2 is 1.77 bits per heavy atom. The van der Waals surface area contributed by atoms with Crippen molar-refractivity contribution in [3.8, 4) is 5.75 Å². The molecule has 0 aliphatic carbocycles. The van der Waals surface area contributed by atoms with E-state index in [0.29, 0.717) is 0 Å². The maximum atomic E-state index is 11.8. The number of anilines is 1. The Bertz CT molecular complexity index is 953. The monoisotopic (exact) mass is 369 g/mol. The zero-order valence-electron chi connectivity index (χ0n) is 15.1. The predicted octanol–water partition coefficient (Wildman–Crippen LogP) is 2.93. The zero-order valence-corrected chi connectivity index (χ0v) is 16.0. The molecule has 1 aromatic heterocycles. The van der Waals surface area contributed by atoms with Crippen LogP contribution in [0.1, 0.15) is 5.56 Å². The molecule has 26 heavy (non-hydrogen) atoms. The largest absolute Gasteiger partial charge is 0.497 e. The molecule has 2 aromatic carbocycles. The van der Waals surface area contributed by atoms with E-state index in [2.05, 4.69) is 40.1 Å². The van der Waals surface area contributed by atoms with Gasteiger partial charge in [0.25, 0.3) is 0 Å². The molecule has 0 bridgehead atoms. The molecule has 1 aliphatic rings. The normalized spacial score (nSPS) is 15.5. The van der Waals surface area contributed by atoms with E-state index >= 15 is 0 Å². The Balaban J connectivity index is 1.39. The van der Waals surface area contributed by atoms with Crippen LogP contribution in [0.2, 0.25) is 0 Å². The quantitative estimate of drug-likeness (QED) is 0.709. The Morgan fingerprint density at radius 3 is 2.46 bits per heavy atom. The number of thiazole rings is 1. The fraction of sp³-hybridized carbons (Fsp3) is 0.350. The summed E-state index contributed by atoms with van der Waals surface area (Å²) in [5.41, 5.74) is 3.55. The first-order valence-corrected chi connectivity index (χ1v) is 9.65. The zero-order chi connectivity index (χ0) is 18.1. The van der Waals surface area contributed by atoms with Gasteiger partial charge in [0.2, 0.25) is 0 Å². The van der Waals surface area contributed by atoms with Gasteiger partial charge in [0, 0.05) is 45.5 Å². The van der Waals surface area contributed by atoms with Gasteiger partial charge in [-0.3, -0.25) is 9.69 Å². The lowest BCUT2D eigenvalue weighted by atomic mass is 10.1. The predicted molar refractivity (Wildman–Crippen MR) is 108 cm³/mol. The molecule has 0 unspecified atom stereocenters. The van der Waals surface area contributed by atoms with Crippen LogP contribution in [0.4, 0.5) is 5.69 Å². The summed E-state index contributed by atoms with van der Waals surface area (Å²) >= 11 is 1.33. The Kier molecular flexibility index (Phi) is 4.70. The fourth-order valence-electron chi connectivity index (χ4n) is 3.49. The molecule has 0 saturated carbocycles. The molecule has 0 atom stereocenters. The van der Waals surface area contributed by atoms with Crippen molar-refractivity contribution < 1.29 is 4.74 Å². The van der Waals surface area contributed by atoms with Gasteiger partial charge in [0.05, 0.1) is 17.3 Å². The van der Waals surface area contributed by atoms with Crippen LogP contribution in [0.5, 0.6) is 5.75 Å². The molecule has 0 amide bonds. The standard InChI is InChI=1S/C20H23N3O2S/c1-21-18-8-3-15(13-19(18)26-20(21)24)14-22-9-11-23(12-10-22)16-4-6-17(25-2)7-5-16/h3-8,13H,9-12,14H2,1-2H3. The Hall–Kier alpha value is -2.31. The molecule has 5 nitrogen and oxygen atoms in total. The molecule has 4 rings (SSSR count). The molecule has 2 heterocycles. The number of methoxy groups -OCH3 is 1. The topological polar surface area (TPSA) is 37.7 Å². The first kappa shape index (κ1) is 17.1. The minimum atomic E-state index is 0.102. The maximum absolute atomic E-state index is 11.8. The van der Waals surface area contributed by atoms with E-state index in [1.165, 1.54) is 22.6 Å². The van der Waals surface area contributed by atoms with Crippen molar-refractivity contribution >= 4 is 27.2 Å². The second-order valence-electron chi connectivity index (χ2n) is 6.69. The molecule has 1 aliphatic heterocycles. The van der Waals surface area contributed by atoms with Crippen LogP contribution >= 0.6 is 11.3 Å². The van der Waals surface area contributed by atoms with Crippen LogP contribution in [-0.2, 0) is 13.6 Å². The van der Waals surface area contributed by atoms with Crippen molar-refractivity contribution in [1.29, 1.82) is 0 Å². The lowest BCUT2D eigenvalue weighted by Crippen LogP contribution is -2.45. The summed E-state index contributed by atoms with van der Waals surface area (Å²) in [6.45, 7) is 5.05. The van der Waals surface area contributed by atoms with Gasteiger partial charge in [-0.05, 0) is 42.0 Å². The summed E-state index contributed by atoms with van der Waals surface area (Å²) in [6, 6.07) is 14.7. The van der Waals surface area contributed by atoms with Crippen molar-refractivity contribution in [2.24, 2.45) is 7.05 Å². The molecule has 0 N–H and O–H groups in total. The third-order valence-electron chi connectivity index (χ3n) is 5.07. The average molecular weight is 369 g/mol. The van der Waals surface area contributed by atoms with Gasteiger partial charge >= 0.3 is 4.87 Å². The number of ether oxygens (including phenoxy) is 1.